The molecule has 2 bridgehead atoms. The Kier molecular flexibility index (Phi) is 1.14. The van der Waals surface area contributed by atoms with Gasteiger partial charge in [0.25, 0.3) is 0 Å². The molecule has 1 saturated heterocycles. The lowest BCUT2D eigenvalue weighted by Gasteiger charge is -2.14. The third-order valence-electron chi connectivity index (χ3n) is 3.69. The fourth-order valence-electron chi connectivity index (χ4n) is 3.05. The highest BCUT2D eigenvalue weighted by atomic mass is 16.2. The Balaban J connectivity index is 2.08. The van der Waals surface area contributed by atoms with Crippen molar-refractivity contribution >= 4 is 11.8 Å². The van der Waals surface area contributed by atoms with Crippen molar-refractivity contribution in [3.63, 3.8) is 0 Å². The number of nitrogens with zero attached hydrogens (tertiary/aromatic N) is 1. The molecule has 4 atom stereocenters. The molecule has 0 unspecified atom stereocenters. The van der Waals surface area contributed by atoms with Gasteiger partial charge < -0.3 is 0 Å². The first-order valence-corrected chi connectivity index (χ1v) is 4.70. The van der Waals surface area contributed by atoms with Crippen LogP contribution in [0.1, 0.15) is 6.42 Å². The highest BCUT2D eigenvalue weighted by molar-refractivity contribution is 6.06. The third-order valence-corrected chi connectivity index (χ3v) is 3.69. The number of imide groups is 1. The lowest BCUT2D eigenvalue weighted by molar-refractivity contribution is -0.138. The van der Waals surface area contributed by atoms with Gasteiger partial charge in [-0.3, -0.25) is 14.5 Å². The van der Waals surface area contributed by atoms with Gasteiger partial charge in [-0.15, -0.1) is 0 Å². The molecule has 3 rings (SSSR count). The molecule has 0 aromatic rings. The topological polar surface area (TPSA) is 37.4 Å². The van der Waals surface area contributed by atoms with Crippen molar-refractivity contribution in [1.82, 2.24) is 4.90 Å². The summed E-state index contributed by atoms with van der Waals surface area (Å²) in [5.41, 5.74) is 0. The number of hydrogen-bond donors (Lipinski definition) is 0. The molecule has 1 heterocycles. The van der Waals surface area contributed by atoms with E-state index in [0.717, 1.165) is 6.42 Å². The van der Waals surface area contributed by atoms with Gasteiger partial charge in [0.05, 0.1) is 11.8 Å². The first-order chi connectivity index (χ1) is 6.20. The number of carbonyl (C=O) groups excluding carboxylic acids is 2. The Bertz CT molecular complexity index is 304. The van der Waals surface area contributed by atoms with Gasteiger partial charge in [0, 0.05) is 7.05 Å². The van der Waals surface area contributed by atoms with Crippen LogP contribution >= 0.6 is 0 Å². The van der Waals surface area contributed by atoms with Crippen molar-refractivity contribution in [3.8, 4) is 0 Å². The van der Waals surface area contributed by atoms with Crippen LogP contribution in [-0.2, 0) is 9.59 Å². The van der Waals surface area contributed by atoms with Crippen molar-refractivity contribution in [1.29, 1.82) is 0 Å². The maximum absolute atomic E-state index is 11.7. The third kappa shape index (κ3) is 0.666. The summed E-state index contributed by atoms with van der Waals surface area (Å²) in [7, 11) is 1.60. The first kappa shape index (κ1) is 7.30. The standard InChI is InChI=1S/C10H11NO2/c1-11-9(12)7-5-2-3-6(4-5)8(7)10(11)13/h2-3,5-8H,4H2,1H3/t5-,6-,7-,8-/m0/s1. The molecular formula is C10H11NO2. The number of rotatable bonds is 0. The quantitative estimate of drug-likeness (QED) is 0.397. The second-order valence-electron chi connectivity index (χ2n) is 4.24. The zero-order valence-corrected chi connectivity index (χ0v) is 7.43. The molecule has 2 fully saturated rings. The van der Waals surface area contributed by atoms with Gasteiger partial charge in [0.15, 0.2) is 0 Å². The van der Waals surface area contributed by atoms with Crippen LogP contribution < -0.4 is 0 Å². The van der Waals surface area contributed by atoms with Gasteiger partial charge in [0.2, 0.25) is 11.8 Å². The Morgan fingerprint density at radius 2 is 1.62 bits per heavy atom. The Morgan fingerprint density at radius 3 is 2.08 bits per heavy atom. The minimum atomic E-state index is -0.0208. The van der Waals surface area contributed by atoms with Crippen LogP contribution in [0.3, 0.4) is 0 Å². The molecule has 0 N–H and O–H groups in total. The van der Waals surface area contributed by atoms with E-state index in [9.17, 15) is 9.59 Å². The van der Waals surface area contributed by atoms with E-state index in [0.29, 0.717) is 11.8 Å². The largest absolute Gasteiger partial charge is 0.285 e. The predicted molar refractivity (Wildman–Crippen MR) is 45.5 cm³/mol. The molecule has 0 aromatic carbocycles. The van der Waals surface area contributed by atoms with Crippen molar-refractivity contribution in [2.24, 2.45) is 23.7 Å². The molecule has 0 aromatic heterocycles. The van der Waals surface area contributed by atoms with E-state index in [1.807, 2.05) is 0 Å². The molecule has 1 aliphatic heterocycles. The van der Waals surface area contributed by atoms with Crippen molar-refractivity contribution in [2.75, 3.05) is 7.05 Å². The normalized spacial score (nSPS) is 46.4. The molecule has 0 radical (unpaired) electrons. The summed E-state index contributed by atoms with van der Waals surface area (Å²) in [5, 5.41) is 0. The number of hydrogen-bond acceptors (Lipinski definition) is 2. The Morgan fingerprint density at radius 1 is 1.15 bits per heavy atom. The molecule has 3 nitrogen and oxygen atoms in total. The SMILES string of the molecule is CN1C(=O)[C@@H]2[C@@H](C1=O)[C@H]1C=C[C@H]2C1. The number of likely N-dealkylation sites (tertiary alicyclic amines) is 1. The molecule has 13 heavy (non-hydrogen) atoms. The Labute approximate surface area is 76.4 Å². The molecule has 3 aliphatic rings. The minimum Gasteiger partial charge on any atom is -0.285 e. The number of fused-ring (bicyclic) bond motifs is 5. The summed E-state index contributed by atoms with van der Waals surface area (Å²) in [5.74, 6) is 0.714. The van der Waals surface area contributed by atoms with Crippen molar-refractivity contribution in [2.45, 2.75) is 6.42 Å². The molecule has 2 aliphatic carbocycles. The number of amides is 2. The van der Waals surface area contributed by atoms with Gasteiger partial charge in [0.1, 0.15) is 0 Å². The van der Waals surface area contributed by atoms with Crippen molar-refractivity contribution < 1.29 is 9.59 Å². The predicted octanol–water partition coefficient (Wildman–Crippen LogP) is 0.423. The monoisotopic (exact) mass is 177 g/mol. The van der Waals surface area contributed by atoms with E-state index in [-0.39, 0.29) is 23.7 Å². The summed E-state index contributed by atoms with van der Waals surface area (Å²) >= 11 is 0. The van der Waals surface area contributed by atoms with E-state index in [2.05, 4.69) is 12.2 Å². The van der Waals surface area contributed by atoms with Crippen LogP contribution in [0.25, 0.3) is 0 Å². The molecular weight excluding hydrogens is 166 g/mol. The number of allylic oxidation sites excluding steroid dienone is 2. The van der Waals surface area contributed by atoms with Gasteiger partial charge in [-0.25, -0.2) is 0 Å². The maximum atomic E-state index is 11.7. The summed E-state index contributed by atoms with van der Waals surface area (Å²) in [6, 6.07) is 0. The highest BCUT2D eigenvalue weighted by Gasteiger charge is 2.58. The van der Waals surface area contributed by atoms with E-state index in [1.165, 1.54) is 4.90 Å². The molecule has 0 spiro atoms. The minimum absolute atomic E-state index is 0.0208. The van der Waals surface area contributed by atoms with Crippen LogP contribution in [0.5, 0.6) is 0 Å². The summed E-state index contributed by atoms with van der Waals surface area (Å²) < 4.78 is 0. The summed E-state index contributed by atoms with van der Waals surface area (Å²) in [6.07, 6.45) is 5.23. The highest BCUT2D eigenvalue weighted by Crippen LogP contribution is 2.52. The summed E-state index contributed by atoms with van der Waals surface area (Å²) in [6.45, 7) is 0. The van der Waals surface area contributed by atoms with Crippen LogP contribution in [0, 0.1) is 23.7 Å². The van der Waals surface area contributed by atoms with Crippen LogP contribution in [0.4, 0.5) is 0 Å². The average Bonchev–Trinajstić information content (AvgIpc) is 2.76. The molecule has 1 saturated carbocycles. The number of carbonyl (C=O) groups is 2. The van der Waals surface area contributed by atoms with Crippen LogP contribution in [-0.4, -0.2) is 23.8 Å². The summed E-state index contributed by atoms with van der Waals surface area (Å²) in [4.78, 5) is 24.6. The van der Waals surface area contributed by atoms with Crippen molar-refractivity contribution in [3.05, 3.63) is 12.2 Å². The lowest BCUT2D eigenvalue weighted by Crippen LogP contribution is -2.28. The lowest BCUT2D eigenvalue weighted by atomic mass is 9.85. The zero-order chi connectivity index (χ0) is 9.16. The van der Waals surface area contributed by atoms with E-state index in [4.69, 9.17) is 0 Å². The average molecular weight is 177 g/mol. The van der Waals surface area contributed by atoms with Crippen LogP contribution in [0.15, 0.2) is 12.2 Å². The van der Waals surface area contributed by atoms with Gasteiger partial charge in [-0.2, -0.15) is 0 Å². The van der Waals surface area contributed by atoms with Gasteiger partial charge in [-0.1, -0.05) is 12.2 Å². The molecule has 68 valence electrons. The van der Waals surface area contributed by atoms with Crippen LogP contribution in [0.2, 0.25) is 0 Å². The second kappa shape index (κ2) is 2.03. The zero-order valence-electron chi connectivity index (χ0n) is 7.43. The smallest absolute Gasteiger partial charge is 0.233 e. The van der Waals surface area contributed by atoms with Gasteiger partial charge in [-0.05, 0) is 18.3 Å². The fourth-order valence-corrected chi connectivity index (χ4v) is 3.05. The first-order valence-electron chi connectivity index (χ1n) is 4.70. The van der Waals surface area contributed by atoms with E-state index < -0.39 is 0 Å². The van der Waals surface area contributed by atoms with Gasteiger partial charge >= 0.3 is 0 Å². The van der Waals surface area contributed by atoms with E-state index >= 15 is 0 Å². The molecule has 3 heteroatoms. The Hall–Kier alpha value is -1.12. The van der Waals surface area contributed by atoms with E-state index in [1.54, 1.807) is 7.05 Å². The molecule has 2 amide bonds. The maximum Gasteiger partial charge on any atom is 0.233 e. The fraction of sp³-hybridized carbons (Fsp3) is 0.600. The second-order valence-corrected chi connectivity index (χ2v) is 4.24.